The predicted octanol–water partition coefficient (Wildman–Crippen LogP) is 5.35. The third kappa shape index (κ3) is 9.24. The van der Waals surface area contributed by atoms with Gasteiger partial charge in [0.2, 0.25) is 0 Å². The van der Waals surface area contributed by atoms with Crippen molar-refractivity contribution in [2.75, 3.05) is 0 Å². The van der Waals surface area contributed by atoms with Crippen molar-refractivity contribution in [3.05, 3.63) is 0 Å². The molecule has 0 radical (unpaired) electrons. The Kier molecular flexibility index (Phi) is 6.65. The maximum Gasteiger partial charge on any atom is 0.335 e. The summed E-state index contributed by atoms with van der Waals surface area (Å²) in [7, 11) is -7.15. The molecule has 120 valence electrons. The summed E-state index contributed by atoms with van der Waals surface area (Å²) < 4.78 is 25.0. The van der Waals surface area contributed by atoms with E-state index < -0.39 is 30.0 Å². The first-order valence-corrected chi connectivity index (χ1v) is 15.5. The molecule has 0 aliphatic heterocycles. The lowest BCUT2D eigenvalue weighted by Crippen LogP contribution is -2.32. The zero-order valence-electron chi connectivity index (χ0n) is 14.8. The van der Waals surface area contributed by atoms with Gasteiger partial charge in [-0.25, -0.2) is 0 Å². The Morgan fingerprint density at radius 1 is 1.00 bits per heavy atom. The first-order valence-electron chi connectivity index (χ1n) is 7.10. The third-order valence-electron chi connectivity index (χ3n) is 1.94. The Hall–Kier alpha value is 0.254. The molecule has 0 spiro atoms. The van der Waals surface area contributed by atoms with Gasteiger partial charge < -0.3 is 8.43 Å². The Morgan fingerprint density at radius 3 is 1.60 bits per heavy atom. The number of hydrogen-bond donors (Lipinski definition) is 0. The number of nitrogens with zero attached hydrogens (tertiary/aromatic N) is 1. The fourth-order valence-corrected chi connectivity index (χ4v) is 9.39. The Balaban J connectivity index is 5.32. The monoisotopic (exact) mass is 337 g/mol. The van der Waals surface area contributed by atoms with Crippen molar-refractivity contribution in [3.63, 3.8) is 0 Å². The summed E-state index contributed by atoms with van der Waals surface area (Å²) in [6.45, 7) is 20.1. The van der Waals surface area contributed by atoms with E-state index >= 15 is 0 Å². The molecule has 0 aliphatic carbocycles. The molecule has 20 heavy (non-hydrogen) atoms. The van der Waals surface area contributed by atoms with Crippen LogP contribution in [0.3, 0.4) is 0 Å². The van der Waals surface area contributed by atoms with E-state index in [4.69, 9.17) is 8.43 Å². The molecule has 7 heteroatoms. The maximum atomic E-state index is 13.2. The van der Waals surface area contributed by atoms with Crippen molar-refractivity contribution < 1.29 is 13.0 Å². The van der Waals surface area contributed by atoms with Crippen LogP contribution in [-0.2, 0) is 13.0 Å². The van der Waals surface area contributed by atoms with Gasteiger partial charge in [-0.2, -0.15) is 0 Å². The van der Waals surface area contributed by atoms with Crippen molar-refractivity contribution in [1.82, 2.24) is 0 Å². The van der Waals surface area contributed by atoms with E-state index in [1.165, 1.54) is 0 Å². The van der Waals surface area contributed by atoms with Crippen molar-refractivity contribution >= 4 is 30.4 Å². The summed E-state index contributed by atoms with van der Waals surface area (Å²) in [6, 6.07) is 0. The van der Waals surface area contributed by atoms with Crippen LogP contribution in [0.2, 0.25) is 39.3 Å². The molecule has 0 aliphatic rings. The lowest BCUT2D eigenvalue weighted by molar-refractivity contribution is 0.372. The van der Waals surface area contributed by atoms with E-state index in [1.807, 2.05) is 52.4 Å². The van der Waals surface area contributed by atoms with Crippen LogP contribution >= 0.6 is 7.60 Å². The van der Waals surface area contributed by atoms with Gasteiger partial charge in [0.1, 0.15) is 5.78 Å². The summed E-state index contributed by atoms with van der Waals surface area (Å²) in [5.41, 5.74) is -0.0442. The van der Waals surface area contributed by atoms with E-state index in [-0.39, 0.29) is 5.41 Å². The van der Waals surface area contributed by atoms with E-state index in [2.05, 4.69) is 25.8 Å². The van der Waals surface area contributed by atoms with E-state index in [0.717, 1.165) is 0 Å². The quantitative estimate of drug-likeness (QED) is 0.373. The van der Waals surface area contributed by atoms with E-state index in [1.54, 1.807) is 0 Å². The van der Waals surface area contributed by atoms with Gasteiger partial charge in [-0.05, 0) is 51.6 Å². The summed E-state index contributed by atoms with van der Waals surface area (Å²) in [5, 5.41) is 0. The molecule has 0 rings (SSSR count). The topological polar surface area (TPSA) is 47.9 Å². The van der Waals surface area contributed by atoms with Gasteiger partial charge in [0, 0.05) is 6.21 Å². The van der Waals surface area contributed by atoms with Crippen molar-refractivity contribution in [2.45, 2.75) is 72.8 Å². The van der Waals surface area contributed by atoms with Crippen LogP contribution in [0, 0.1) is 5.41 Å². The number of hydrogen-bond acceptors (Lipinski definition) is 4. The lowest BCUT2D eigenvalue weighted by atomic mass is 9.99. The molecule has 0 amide bonds. The minimum atomic E-state index is -3.21. The Bertz CT molecular complexity index is 372. The largest absolute Gasteiger partial charge is 0.350 e. The van der Waals surface area contributed by atoms with Crippen LogP contribution in [0.5, 0.6) is 0 Å². The molecular weight excluding hydrogens is 305 g/mol. The van der Waals surface area contributed by atoms with Crippen LogP contribution in [0.1, 0.15) is 27.7 Å². The summed E-state index contributed by atoms with van der Waals surface area (Å²) in [4.78, 5) is 4.44. The third-order valence-corrected chi connectivity index (χ3v) is 9.40. The minimum Gasteiger partial charge on any atom is -0.350 e. The molecule has 0 N–H and O–H groups in total. The second-order valence-corrected chi connectivity index (χ2v) is 20.0. The molecule has 0 aromatic heterocycles. The van der Waals surface area contributed by atoms with Crippen LogP contribution in [0.25, 0.3) is 0 Å². The van der Waals surface area contributed by atoms with Crippen molar-refractivity contribution in [3.8, 4) is 0 Å². The highest BCUT2D eigenvalue weighted by Crippen LogP contribution is 2.57. The molecule has 0 saturated heterocycles. The van der Waals surface area contributed by atoms with Gasteiger partial charge in [0.25, 0.3) is 0 Å². The first-order chi connectivity index (χ1) is 8.54. The lowest BCUT2D eigenvalue weighted by Gasteiger charge is -2.33. The van der Waals surface area contributed by atoms with Gasteiger partial charge in [0.05, 0.1) is 0 Å². The standard InChI is InChI=1S/C13H32NO3PSi2/c1-12(14-11-13(2,3)4)18(15,16-19(5,6)7)17-20(8,9)10/h11-12H,1-10H3/b14-11+. The molecule has 0 saturated carbocycles. The van der Waals surface area contributed by atoms with Crippen LogP contribution in [0.15, 0.2) is 4.99 Å². The molecule has 4 nitrogen and oxygen atoms in total. The molecule has 0 aromatic rings. The Morgan fingerprint density at radius 2 is 1.35 bits per heavy atom. The molecule has 1 unspecified atom stereocenters. The molecule has 0 fully saturated rings. The van der Waals surface area contributed by atoms with Crippen molar-refractivity contribution in [1.29, 1.82) is 0 Å². The Labute approximate surface area is 127 Å². The second-order valence-electron chi connectivity index (χ2n) is 8.22. The average Bonchev–Trinajstić information content (AvgIpc) is 2.05. The average molecular weight is 338 g/mol. The highest BCUT2D eigenvalue weighted by molar-refractivity contribution is 7.57. The van der Waals surface area contributed by atoms with Gasteiger partial charge in [0.15, 0.2) is 16.6 Å². The molecule has 1 atom stereocenters. The van der Waals surface area contributed by atoms with Gasteiger partial charge >= 0.3 is 7.60 Å². The summed E-state index contributed by atoms with van der Waals surface area (Å²) in [5.74, 6) is -0.458. The molecule has 0 bridgehead atoms. The number of rotatable bonds is 6. The zero-order chi connectivity index (χ0) is 16.4. The SMILES string of the molecule is CC(/N=C/C(C)(C)C)P(=O)(O[Si](C)(C)C)O[Si](C)(C)C. The van der Waals surface area contributed by atoms with Crippen molar-refractivity contribution in [2.24, 2.45) is 10.4 Å². The normalized spacial score (nSPS) is 16.7. The minimum absolute atomic E-state index is 0.0442. The first kappa shape index (κ1) is 20.3. The molecular formula is C13H32NO3PSi2. The highest BCUT2D eigenvalue weighted by atomic mass is 31.2. The highest BCUT2D eigenvalue weighted by Gasteiger charge is 2.41. The van der Waals surface area contributed by atoms with Crippen LogP contribution < -0.4 is 0 Å². The molecule has 0 aromatic carbocycles. The predicted molar refractivity (Wildman–Crippen MR) is 93.9 cm³/mol. The maximum absolute atomic E-state index is 13.2. The van der Waals surface area contributed by atoms with Crippen LogP contribution in [0.4, 0.5) is 0 Å². The summed E-state index contributed by atoms with van der Waals surface area (Å²) >= 11 is 0. The van der Waals surface area contributed by atoms with Crippen LogP contribution in [-0.4, -0.2) is 28.6 Å². The summed E-state index contributed by atoms with van der Waals surface area (Å²) in [6.07, 6.45) is 1.84. The van der Waals surface area contributed by atoms with Gasteiger partial charge in [-0.3, -0.25) is 9.56 Å². The van der Waals surface area contributed by atoms with E-state index in [9.17, 15) is 4.57 Å². The fraction of sp³-hybridized carbons (Fsp3) is 0.923. The van der Waals surface area contributed by atoms with Gasteiger partial charge in [-0.1, -0.05) is 20.8 Å². The van der Waals surface area contributed by atoms with E-state index in [0.29, 0.717) is 0 Å². The van der Waals surface area contributed by atoms with Gasteiger partial charge in [-0.15, -0.1) is 0 Å². The zero-order valence-corrected chi connectivity index (χ0v) is 17.7. The number of aliphatic imine (C=N–C) groups is 1. The molecule has 0 heterocycles. The fourth-order valence-electron chi connectivity index (χ4n) is 1.35. The second kappa shape index (κ2) is 6.57. The smallest absolute Gasteiger partial charge is 0.335 e.